The number of aromatic nitrogens is 5. The van der Waals surface area contributed by atoms with Crippen LogP contribution in [0.2, 0.25) is 0 Å². The fourth-order valence-electron chi connectivity index (χ4n) is 9.90. The number of ketones is 1. The molecule has 0 atom stereocenters. The average molecular weight is 1160 g/mol. The summed E-state index contributed by atoms with van der Waals surface area (Å²) in [5, 5.41) is 13.3. The smallest absolute Gasteiger partial charge is 0.339 e. The molecule has 0 bridgehead atoms. The van der Waals surface area contributed by atoms with Crippen molar-refractivity contribution in [3.63, 3.8) is 0 Å². The van der Waals surface area contributed by atoms with Crippen LogP contribution in [0.4, 0.5) is 13.2 Å². The summed E-state index contributed by atoms with van der Waals surface area (Å²) < 4.78 is 44.0. The first-order valence-corrected chi connectivity index (χ1v) is 29.9. The van der Waals surface area contributed by atoms with Crippen molar-refractivity contribution < 1.29 is 27.3 Å². The molecule has 1 aliphatic rings. The molecule has 0 saturated heterocycles. The summed E-state index contributed by atoms with van der Waals surface area (Å²) in [6.07, 6.45) is -0.664. The second kappa shape index (κ2) is 25.4. The van der Waals surface area contributed by atoms with Crippen molar-refractivity contribution in [1.82, 2.24) is 30.6 Å². The number of Topliss-reactive ketones (excluding diaryl/α,β-unsaturated/α-hetero) is 1. The van der Waals surface area contributed by atoms with E-state index in [1.807, 2.05) is 46.8 Å². The van der Waals surface area contributed by atoms with Crippen molar-refractivity contribution >= 4 is 17.3 Å². The van der Waals surface area contributed by atoms with Gasteiger partial charge in [-0.2, -0.15) is 23.3 Å². The normalized spacial score (nSPS) is 14.2. The number of allylic oxidation sites excluding steroid dienone is 4. The van der Waals surface area contributed by atoms with Gasteiger partial charge in [-0.15, -0.1) is 0 Å². The molecule has 6 rings (SSSR count). The summed E-state index contributed by atoms with van der Waals surface area (Å²) in [5.41, 5.74) is 11.8. The number of nitrogens with zero attached hydrogens (tertiary/aromatic N) is 4. The molecule has 5 aromatic rings. The van der Waals surface area contributed by atoms with E-state index < -0.39 is 17.6 Å². The van der Waals surface area contributed by atoms with Gasteiger partial charge >= 0.3 is 6.18 Å². The van der Waals surface area contributed by atoms with Gasteiger partial charge in [0.2, 0.25) is 11.7 Å². The number of halogens is 3. The number of alkyl halides is 3. The van der Waals surface area contributed by atoms with Crippen molar-refractivity contribution in [2.45, 2.75) is 272 Å². The molecular formula is C72H109F3N6O3. The average Bonchev–Trinajstić information content (AvgIpc) is 3.23. The van der Waals surface area contributed by atoms with Gasteiger partial charge in [0, 0.05) is 35.6 Å². The number of aromatic amines is 1. The van der Waals surface area contributed by atoms with E-state index in [1.165, 1.54) is 39.0 Å². The Morgan fingerprint density at radius 2 is 0.929 bits per heavy atom. The minimum Gasteiger partial charge on any atom is -0.339 e. The lowest BCUT2D eigenvalue weighted by atomic mass is 9.74. The Bertz CT molecular complexity index is 3150. The number of nitrogens with one attached hydrogen (secondary N) is 2. The largest absolute Gasteiger partial charge is 0.410 e. The van der Waals surface area contributed by atoms with Crippen LogP contribution in [0.5, 0.6) is 0 Å². The van der Waals surface area contributed by atoms with Gasteiger partial charge in [-0.25, -0.2) is 4.98 Å². The number of rotatable bonds is 6. The van der Waals surface area contributed by atoms with Crippen LogP contribution in [0.25, 0.3) is 17.0 Å². The van der Waals surface area contributed by atoms with Crippen molar-refractivity contribution in [2.75, 3.05) is 0 Å². The topological polar surface area (TPSA) is 127 Å². The van der Waals surface area contributed by atoms with Gasteiger partial charge in [0.25, 0.3) is 5.91 Å². The van der Waals surface area contributed by atoms with Crippen LogP contribution >= 0.6 is 0 Å². The standard InChI is InChI=1S/C20H32O.C19H28F3NO.C17H24N2O.C16H25N3/c1-18(2,3)13-17(21)14-10-11-15(19(4,5)6)16(12-14)20(7,8)9;1-16(2,3)13-10-9-12(11-14(13)17(4,5)6)15(24)23-18(7,8)19(20,21)22;1-11-18-15(19-20-11)12-8-9-13(16(2,3)4)14(10-12)17(5,6)7;1-10-17-14(19-18-10)11-8-12(15(2,3)4)13(9-11)16(5,6)7/h10-12H,13H2,1-9H3;9-11H,1-8H3,(H,23,24);8-10H,1-7H3;8H,9H2,1-7H3,(H,17,18,19). The quantitative estimate of drug-likeness (QED) is 0.162. The molecule has 0 unspecified atom stereocenters. The van der Waals surface area contributed by atoms with E-state index >= 15 is 0 Å². The fraction of sp³-hybridized carbons (Fsp3) is 0.611. The molecular weight excluding hydrogens is 1050 g/mol. The van der Waals surface area contributed by atoms with Crippen LogP contribution in [-0.2, 0) is 32.5 Å². The molecule has 9 nitrogen and oxygen atoms in total. The Labute approximate surface area is 506 Å². The van der Waals surface area contributed by atoms with Gasteiger partial charge < -0.3 is 9.84 Å². The summed E-state index contributed by atoms with van der Waals surface area (Å²) in [4.78, 5) is 33.6. The highest BCUT2D eigenvalue weighted by Gasteiger charge is 2.48. The molecule has 12 heteroatoms. The lowest BCUT2D eigenvalue weighted by Crippen LogP contribution is -2.54. The van der Waals surface area contributed by atoms with E-state index in [-0.39, 0.29) is 60.1 Å². The molecule has 1 aliphatic carbocycles. The summed E-state index contributed by atoms with van der Waals surface area (Å²) in [5.74, 6) is 2.50. The number of carbonyl (C=O) groups is 2. The SMILES string of the molecule is CC(C)(C)CC(=O)c1ccc(C(C)(C)C)c(C(C)(C)C)c1.CC(C)(C)c1ccc(C(=O)NC(C)(C)C(F)(F)F)cc1C(C)(C)C.Cc1nc(-c2ccc(C(C)(C)C)c(C(C)(C)C)c2)no1.Cc1nc(C2=CC(C(C)(C)C)=C(C(C)(C)C)C2)n[nH]1. The number of hydrogen-bond acceptors (Lipinski definition) is 7. The summed E-state index contributed by atoms with van der Waals surface area (Å²) in [6.45, 7) is 64.8. The van der Waals surface area contributed by atoms with Crippen LogP contribution in [0.15, 0.2) is 76.3 Å². The van der Waals surface area contributed by atoms with E-state index in [1.54, 1.807) is 12.1 Å². The minimum absolute atomic E-state index is 0.0294. The number of hydrogen-bond donors (Lipinski definition) is 2. The number of H-pyrrole nitrogens is 1. The van der Waals surface area contributed by atoms with Gasteiger partial charge in [0.15, 0.2) is 11.6 Å². The third-order valence-corrected chi connectivity index (χ3v) is 14.7. The van der Waals surface area contributed by atoms with Crippen LogP contribution in [0, 0.1) is 30.1 Å². The van der Waals surface area contributed by atoms with Crippen LogP contribution in [0.1, 0.15) is 285 Å². The maximum Gasteiger partial charge on any atom is 0.410 e. The van der Waals surface area contributed by atoms with Crippen LogP contribution in [0.3, 0.4) is 0 Å². The highest BCUT2D eigenvalue weighted by Crippen LogP contribution is 2.47. The molecule has 2 N–H and O–H groups in total. The van der Waals surface area contributed by atoms with Gasteiger partial charge in [0.05, 0.1) is 0 Å². The summed E-state index contributed by atoms with van der Waals surface area (Å²) >= 11 is 0. The predicted molar refractivity (Wildman–Crippen MR) is 345 cm³/mol. The molecule has 3 aromatic carbocycles. The highest BCUT2D eigenvalue weighted by atomic mass is 19.4. The van der Waals surface area contributed by atoms with Gasteiger partial charge in [-0.05, 0) is 139 Å². The number of carbonyl (C=O) groups excluding carboxylic acids is 2. The molecule has 84 heavy (non-hydrogen) atoms. The molecule has 0 spiro atoms. The zero-order valence-corrected chi connectivity index (χ0v) is 57.8. The van der Waals surface area contributed by atoms with E-state index in [0.29, 0.717) is 18.1 Å². The Hall–Kier alpha value is -5.65. The third-order valence-electron chi connectivity index (χ3n) is 14.7. The predicted octanol–water partition coefficient (Wildman–Crippen LogP) is 20.2. The minimum atomic E-state index is -4.51. The maximum absolute atomic E-state index is 13.0. The number of amides is 1. The number of aryl methyl sites for hydroxylation is 2. The molecule has 0 fully saturated rings. The summed E-state index contributed by atoms with van der Waals surface area (Å²) in [7, 11) is 0. The molecule has 0 saturated carbocycles. The first kappa shape index (κ1) is 72.6. The fourth-order valence-corrected chi connectivity index (χ4v) is 9.90. The van der Waals surface area contributed by atoms with Crippen molar-refractivity contribution in [3.8, 4) is 11.4 Å². The first-order chi connectivity index (χ1) is 37.4. The highest BCUT2D eigenvalue weighted by molar-refractivity contribution is 5.97. The molecule has 1 amide bonds. The lowest BCUT2D eigenvalue weighted by Gasteiger charge is -2.31. The number of benzene rings is 3. The molecule has 0 aliphatic heterocycles. The van der Waals surface area contributed by atoms with Crippen molar-refractivity contribution in [1.29, 1.82) is 0 Å². The molecule has 466 valence electrons. The molecule has 2 heterocycles. The Morgan fingerprint density at radius 3 is 1.27 bits per heavy atom. The van der Waals surface area contributed by atoms with E-state index in [9.17, 15) is 22.8 Å². The first-order valence-electron chi connectivity index (χ1n) is 29.9. The van der Waals surface area contributed by atoms with Crippen LogP contribution in [-0.4, -0.2) is 48.7 Å². The van der Waals surface area contributed by atoms with E-state index in [0.717, 1.165) is 54.2 Å². The Balaban J connectivity index is 0.000000294. The van der Waals surface area contributed by atoms with Crippen LogP contribution < -0.4 is 5.32 Å². The van der Waals surface area contributed by atoms with Crippen molar-refractivity contribution in [2.24, 2.45) is 16.2 Å². The summed E-state index contributed by atoms with van der Waals surface area (Å²) in [6, 6.07) is 17.9. The van der Waals surface area contributed by atoms with E-state index in [4.69, 9.17) is 4.52 Å². The van der Waals surface area contributed by atoms with Crippen molar-refractivity contribution in [3.05, 3.63) is 134 Å². The van der Waals surface area contributed by atoms with Gasteiger partial charge in [-0.1, -0.05) is 234 Å². The zero-order valence-electron chi connectivity index (χ0n) is 57.8. The second-order valence-electron chi connectivity index (χ2n) is 33.1. The Morgan fingerprint density at radius 1 is 0.512 bits per heavy atom. The van der Waals surface area contributed by atoms with Gasteiger partial charge in [-0.3, -0.25) is 14.7 Å². The molecule has 0 radical (unpaired) electrons. The second-order valence-corrected chi connectivity index (χ2v) is 33.1. The van der Waals surface area contributed by atoms with E-state index in [2.05, 4.69) is 233 Å². The molecule has 2 aromatic heterocycles. The maximum atomic E-state index is 13.0. The lowest BCUT2D eigenvalue weighted by molar-refractivity contribution is -0.182. The third kappa shape index (κ3) is 20.2. The monoisotopic (exact) mass is 1160 g/mol. The Kier molecular flexibility index (Phi) is 21.9. The zero-order chi connectivity index (χ0) is 65.3. The van der Waals surface area contributed by atoms with Gasteiger partial charge in [0.1, 0.15) is 11.4 Å².